The van der Waals surface area contributed by atoms with E-state index in [1.807, 2.05) is 0 Å². The molecule has 1 fully saturated rings. The Hall–Kier alpha value is 0.571. The third-order valence-electron chi connectivity index (χ3n) is 4.71. The maximum Gasteiger partial charge on any atom is 0.173 e. The molecule has 2 nitrogen and oxygen atoms in total. The van der Waals surface area contributed by atoms with E-state index < -0.39 is 25.6 Å². The summed E-state index contributed by atoms with van der Waals surface area (Å²) in [7, 11) is -3.39. The van der Waals surface area contributed by atoms with Gasteiger partial charge in [0.25, 0.3) is 0 Å². The van der Waals surface area contributed by atoms with Crippen LogP contribution in [0, 0.1) is 0 Å². The molecule has 1 rings (SSSR count). The lowest BCUT2D eigenvalue weighted by Gasteiger charge is -2.52. The van der Waals surface area contributed by atoms with Crippen molar-refractivity contribution in [1.82, 2.24) is 8.46 Å². The van der Waals surface area contributed by atoms with Crippen molar-refractivity contribution in [1.29, 1.82) is 0 Å². The maximum atomic E-state index is 3.11. The van der Waals surface area contributed by atoms with Crippen molar-refractivity contribution in [2.75, 3.05) is 6.54 Å². The second-order valence-corrected chi connectivity index (χ2v) is 22.0. The summed E-state index contributed by atoms with van der Waals surface area (Å²) >= 11 is 0. The van der Waals surface area contributed by atoms with E-state index in [4.69, 9.17) is 0 Å². The Kier molecular flexibility index (Phi) is 6.72. The van der Waals surface area contributed by atoms with Gasteiger partial charge in [0.1, 0.15) is 16.5 Å². The van der Waals surface area contributed by atoms with Gasteiger partial charge >= 0.3 is 0 Å². The molecule has 1 unspecified atom stereocenters. The van der Waals surface area contributed by atoms with Crippen LogP contribution in [0.2, 0.25) is 45.8 Å². The fourth-order valence-corrected chi connectivity index (χ4v) is 24.2. The summed E-state index contributed by atoms with van der Waals surface area (Å²) in [6.07, 6.45) is 7.30. The third-order valence-corrected chi connectivity index (χ3v) is 21.0. The van der Waals surface area contributed by atoms with E-state index in [1.54, 1.807) is 0 Å². The molecule has 1 aliphatic carbocycles. The molecule has 0 N–H and O–H groups in total. The molecule has 1 saturated carbocycles. The van der Waals surface area contributed by atoms with Gasteiger partial charge in [-0.3, -0.25) is 0 Å². The highest BCUT2D eigenvalue weighted by molar-refractivity contribution is 6.98. The van der Waals surface area contributed by atoms with Crippen LogP contribution < -0.4 is 0 Å². The fraction of sp³-hybridized carbons (Fsp3) is 1.00. The summed E-state index contributed by atoms with van der Waals surface area (Å²) in [5.41, 5.74) is 0. The first-order chi connectivity index (χ1) is 9.09. The van der Waals surface area contributed by atoms with Crippen molar-refractivity contribution in [3.63, 3.8) is 0 Å². The van der Waals surface area contributed by atoms with Gasteiger partial charge in [0.2, 0.25) is 0 Å². The van der Waals surface area contributed by atoms with E-state index in [9.17, 15) is 0 Å². The molecule has 0 bridgehead atoms. The topological polar surface area (TPSA) is 6.48 Å². The molecule has 0 aromatic carbocycles. The number of hydrogen-bond donors (Lipinski definition) is 0. The molecule has 0 saturated heterocycles. The van der Waals surface area contributed by atoms with Crippen molar-refractivity contribution < 1.29 is 0 Å². The summed E-state index contributed by atoms with van der Waals surface area (Å²) < 4.78 is 6.06. The smallest absolute Gasteiger partial charge is 0.173 e. The second-order valence-electron chi connectivity index (χ2n) is 8.47. The van der Waals surface area contributed by atoms with Gasteiger partial charge in [0.15, 0.2) is 9.12 Å². The largest absolute Gasteiger partial charge is 0.359 e. The van der Waals surface area contributed by atoms with Crippen molar-refractivity contribution in [3.05, 3.63) is 0 Å². The summed E-state index contributed by atoms with van der Waals surface area (Å²) in [4.78, 5) is 0. The Morgan fingerprint density at radius 3 is 1.70 bits per heavy atom. The lowest BCUT2D eigenvalue weighted by atomic mass is 9.95. The zero-order valence-electron chi connectivity index (χ0n) is 15.3. The average Bonchev–Trinajstić information content (AvgIpc) is 2.27. The number of hydrogen-bond acceptors (Lipinski definition) is 2. The zero-order valence-corrected chi connectivity index (χ0v) is 18.4. The second kappa shape index (κ2) is 7.22. The first-order valence-corrected chi connectivity index (χ1v) is 17.7. The molecule has 120 valence electrons. The number of rotatable bonds is 6. The minimum absolute atomic E-state index is 0.894. The van der Waals surface area contributed by atoms with E-state index in [1.165, 1.54) is 38.6 Å². The van der Waals surface area contributed by atoms with Crippen LogP contribution in [0.4, 0.5) is 0 Å². The van der Waals surface area contributed by atoms with Gasteiger partial charge in [-0.1, -0.05) is 65.5 Å². The van der Waals surface area contributed by atoms with Crippen LogP contribution in [-0.4, -0.2) is 46.6 Å². The molecule has 1 aliphatic rings. The quantitative estimate of drug-likeness (QED) is 0.663. The molecule has 0 aromatic rings. The Morgan fingerprint density at radius 1 is 0.900 bits per heavy atom. The van der Waals surface area contributed by atoms with Gasteiger partial charge in [-0.25, -0.2) is 0 Å². The van der Waals surface area contributed by atoms with Crippen molar-refractivity contribution in [3.8, 4) is 0 Å². The van der Waals surface area contributed by atoms with Crippen LogP contribution >= 0.6 is 0 Å². The average molecular weight is 331 g/mol. The van der Waals surface area contributed by atoms with Crippen molar-refractivity contribution in [2.24, 2.45) is 0 Å². The summed E-state index contributed by atoms with van der Waals surface area (Å²) in [6, 6.07) is 0.894. The van der Waals surface area contributed by atoms with Crippen molar-refractivity contribution in [2.45, 2.75) is 90.9 Å². The highest BCUT2D eigenvalue weighted by Gasteiger charge is 2.41. The first-order valence-electron chi connectivity index (χ1n) is 8.64. The van der Waals surface area contributed by atoms with Crippen molar-refractivity contribution >= 4 is 25.6 Å². The molecule has 0 amide bonds. The highest BCUT2D eigenvalue weighted by Crippen LogP contribution is 2.28. The van der Waals surface area contributed by atoms with Gasteiger partial charge in [-0.15, -0.1) is 0 Å². The lowest BCUT2D eigenvalue weighted by Crippen LogP contribution is -2.70. The minimum atomic E-state index is -1.21. The Morgan fingerprint density at radius 2 is 1.35 bits per heavy atom. The molecule has 0 aliphatic heterocycles. The van der Waals surface area contributed by atoms with Gasteiger partial charge in [0.05, 0.1) is 0 Å². The standard InChI is InChI=1S/C15H38N2Si3/c1-9-16(15-13-11-10-12-14-15)18(2)17(19(3,4)5)20(6,7)8/h15,18H,9-14H2,1-8H3. The highest BCUT2D eigenvalue weighted by atomic mass is 28.5. The number of nitrogens with zero attached hydrogens (tertiary/aromatic N) is 2. The minimum Gasteiger partial charge on any atom is -0.359 e. The SMILES string of the molecule is CCN(C1CCCCC1)[SiH](C)N([Si](C)(C)C)[Si](C)(C)C. The molecule has 20 heavy (non-hydrogen) atoms. The Labute approximate surface area is 131 Å². The molecule has 0 aromatic heterocycles. The van der Waals surface area contributed by atoms with E-state index in [-0.39, 0.29) is 0 Å². The molecule has 5 heteroatoms. The molecular weight excluding hydrogens is 292 g/mol. The Balaban J connectivity index is 2.93. The fourth-order valence-electron chi connectivity index (χ4n) is 4.52. The monoisotopic (exact) mass is 330 g/mol. The molecular formula is C15H38N2Si3. The molecule has 0 radical (unpaired) electrons. The summed E-state index contributed by atoms with van der Waals surface area (Å²) in [6.45, 7) is 21.6. The van der Waals surface area contributed by atoms with E-state index >= 15 is 0 Å². The van der Waals surface area contributed by atoms with Crippen LogP contribution in [-0.2, 0) is 0 Å². The molecule has 1 atom stereocenters. The lowest BCUT2D eigenvalue weighted by molar-refractivity contribution is 0.254. The van der Waals surface area contributed by atoms with Crippen LogP contribution in [0.25, 0.3) is 0 Å². The van der Waals surface area contributed by atoms with Crippen LogP contribution in [0.3, 0.4) is 0 Å². The van der Waals surface area contributed by atoms with Gasteiger partial charge in [-0.05, 0) is 25.9 Å². The van der Waals surface area contributed by atoms with Crippen LogP contribution in [0.15, 0.2) is 0 Å². The third kappa shape index (κ3) is 4.80. The van der Waals surface area contributed by atoms with Gasteiger partial charge < -0.3 is 8.46 Å². The Bertz CT molecular complexity index is 276. The normalized spacial score (nSPS) is 20.7. The van der Waals surface area contributed by atoms with Gasteiger partial charge in [0, 0.05) is 6.04 Å². The summed E-state index contributed by atoms with van der Waals surface area (Å²) in [5.74, 6) is 0. The predicted octanol–water partition coefficient (Wildman–Crippen LogP) is 4.46. The van der Waals surface area contributed by atoms with E-state index in [0.717, 1.165) is 6.04 Å². The van der Waals surface area contributed by atoms with E-state index in [0.29, 0.717) is 0 Å². The molecule has 0 spiro atoms. The van der Waals surface area contributed by atoms with Crippen LogP contribution in [0.5, 0.6) is 0 Å². The maximum absolute atomic E-state index is 3.11. The predicted molar refractivity (Wildman–Crippen MR) is 101 cm³/mol. The van der Waals surface area contributed by atoms with Gasteiger partial charge in [-0.2, -0.15) is 0 Å². The first kappa shape index (κ1) is 18.6. The zero-order chi connectivity index (χ0) is 15.6. The molecule has 0 heterocycles. The summed E-state index contributed by atoms with van der Waals surface area (Å²) in [5, 5.41) is 0. The van der Waals surface area contributed by atoms with E-state index in [2.05, 4.69) is 61.2 Å². The van der Waals surface area contributed by atoms with Crippen LogP contribution in [0.1, 0.15) is 39.0 Å².